The lowest BCUT2D eigenvalue weighted by molar-refractivity contribution is 0.372. The molecule has 0 heterocycles. The van der Waals surface area contributed by atoms with E-state index < -0.39 is 0 Å². The third-order valence-electron chi connectivity index (χ3n) is 2.41. The second-order valence-corrected chi connectivity index (χ2v) is 3.55. The molecule has 1 fully saturated rings. The second kappa shape index (κ2) is 3.34. The summed E-state index contributed by atoms with van der Waals surface area (Å²) in [5.41, 5.74) is 6.21. The molecule has 3 heteroatoms. The van der Waals surface area contributed by atoms with Crippen molar-refractivity contribution in [2.24, 2.45) is 5.73 Å². The molecule has 1 aromatic carbocycles. The highest BCUT2D eigenvalue weighted by Crippen LogP contribution is 2.23. The first-order valence-corrected chi connectivity index (χ1v) is 4.52. The van der Waals surface area contributed by atoms with Crippen LogP contribution in [0.1, 0.15) is 12.8 Å². The molecule has 1 aliphatic rings. The minimum Gasteiger partial charge on any atom is -0.380 e. The molecular formula is C10H13FN2. The molecule has 1 aliphatic carbocycles. The van der Waals surface area contributed by atoms with Gasteiger partial charge in [-0.3, -0.25) is 0 Å². The van der Waals surface area contributed by atoms with Crippen LogP contribution in [-0.4, -0.2) is 12.1 Å². The van der Waals surface area contributed by atoms with Crippen LogP contribution >= 0.6 is 0 Å². The summed E-state index contributed by atoms with van der Waals surface area (Å²) >= 11 is 0. The zero-order chi connectivity index (χ0) is 9.26. The van der Waals surface area contributed by atoms with Crippen molar-refractivity contribution in [2.45, 2.75) is 24.9 Å². The number of benzene rings is 1. The van der Waals surface area contributed by atoms with Gasteiger partial charge in [0.1, 0.15) is 5.82 Å². The summed E-state index contributed by atoms with van der Waals surface area (Å²) in [7, 11) is 0. The summed E-state index contributed by atoms with van der Waals surface area (Å²) in [6.07, 6.45) is 1.88. The molecule has 1 saturated carbocycles. The zero-order valence-electron chi connectivity index (χ0n) is 7.33. The van der Waals surface area contributed by atoms with Crippen molar-refractivity contribution in [2.75, 3.05) is 5.32 Å². The lowest BCUT2D eigenvalue weighted by atomic mass is 9.87. The summed E-state index contributed by atoms with van der Waals surface area (Å²) in [6, 6.07) is 7.37. The molecule has 70 valence electrons. The first-order chi connectivity index (χ1) is 6.25. The number of hydrogen-bond donors (Lipinski definition) is 2. The maximum Gasteiger partial charge on any atom is 0.146 e. The van der Waals surface area contributed by atoms with Gasteiger partial charge in [0.15, 0.2) is 0 Å². The van der Waals surface area contributed by atoms with Crippen LogP contribution in [0.5, 0.6) is 0 Å². The van der Waals surface area contributed by atoms with Crippen LogP contribution in [0, 0.1) is 5.82 Å². The molecule has 2 rings (SSSR count). The van der Waals surface area contributed by atoms with E-state index in [0.29, 0.717) is 17.8 Å². The van der Waals surface area contributed by atoms with E-state index in [9.17, 15) is 4.39 Å². The Hall–Kier alpha value is -1.09. The highest BCUT2D eigenvalue weighted by molar-refractivity contribution is 5.45. The number of halogens is 1. The predicted octanol–water partition coefficient (Wildman–Crippen LogP) is 1.73. The van der Waals surface area contributed by atoms with Gasteiger partial charge in [0.2, 0.25) is 0 Å². The highest BCUT2D eigenvalue weighted by Gasteiger charge is 2.25. The van der Waals surface area contributed by atoms with Crippen LogP contribution in [0.2, 0.25) is 0 Å². The van der Waals surface area contributed by atoms with E-state index in [0.717, 1.165) is 12.8 Å². The van der Waals surface area contributed by atoms with Crippen molar-refractivity contribution in [3.8, 4) is 0 Å². The highest BCUT2D eigenvalue weighted by atomic mass is 19.1. The van der Waals surface area contributed by atoms with Gasteiger partial charge in [-0.05, 0) is 25.0 Å². The van der Waals surface area contributed by atoms with Gasteiger partial charge in [-0.15, -0.1) is 0 Å². The smallest absolute Gasteiger partial charge is 0.146 e. The third kappa shape index (κ3) is 1.80. The van der Waals surface area contributed by atoms with Crippen molar-refractivity contribution in [1.29, 1.82) is 0 Å². The summed E-state index contributed by atoms with van der Waals surface area (Å²) in [5.74, 6) is -0.192. The number of hydrogen-bond acceptors (Lipinski definition) is 2. The largest absolute Gasteiger partial charge is 0.380 e. The van der Waals surface area contributed by atoms with Gasteiger partial charge < -0.3 is 11.1 Å². The molecule has 13 heavy (non-hydrogen) atoms. The lowest BCUT2D eigenvalue weighted by Gasteiger charge is -2.33. The number of nitrogens with two attached hydrogens (primary N) is 1. The maximum absolute atomic E-state index is 13.1. The van der Waals surface area contributed by atoms with Gasteiger partial charge in [0.05, 0.1) is 5.69 Å². The van der Waals surface area contributed by atoms with Crippen LogP contribution in [0.3, 0.4) is 0 Å². The van der Waals surface area contributed by atoms with Crippen molar-refractivity contribution < 1.29 is 4.39 Å². The number of nitrogens with one attached hydrogen (secondary N) is 1. The number of rotatable bonds is 2. The molecule has 3 N–H and O–H groups in total. The van der Waals surface area contributed by atoms with Crippen LogP contribution in [-0.2, 0) is 0 Å². The van der Waals surface area contributed by atoms with E-state index in [2.05, 4.69) is 5.32 Å². The molecule has 0 atom stereocenters. The predicted molar refractivity (Wildman–Crippen MR) is 51.0 cm³/mol. The van der Waals surface area contributed by atoms with Gasteiger partial charge in [0, 0.05) is 12.1 Å². The minimum absolute atomic E-state index is 0.192. The Balaban J connectivity index is 1.98. The fourth-order valence-corrected chi connectivity index (χ4v) is 1.58. The van der Waals surface area contributed by atoms with Crippen molar-refractivity contribution >= 4 is 5.69 Å². The molecule has 0 radical (unpaired) electrons. The summed E-state index contributed by atoms with van der Waals surface area (Å²) in [4.78, 5) is 0. The zero-order valence-corrected chi connectivity index (χ0v) is 7.33. The standard InChI is InChI=1S/C10H13FN2/c11-9-3-1-2-4-10(9)13-8-5-7(12)6-8/h1-4,7-8,13H,5-6,12H2. The summed E-state index contributed by atoms with van der Waals surface area (Å²) < 4.78 is 13.1. The number of anilines is 1. The average Bonchev–Trinajstić information content (AvgIpc) is 2.06. The summed E-state index contributed by atoms with van der Waals surface area (Å²) in [5, 5.41) is 3.12. The monoisotopic (exact) mass is 180 g/mol. The summed E-state index contributed by atoms with van der Waals surface area (Å²) in [6.45, 7) is 0. The van der Waals surface area contributed by atoms with Crippen molar-refractivity contribution in [1.82, 2.24) is 0 Å². The van der Waals surface area contributed by atoms with Crippen LogP contribution in [0.15, 0.2) is 24.3 Å². The Labute approximate surface area is 76.9 Å². The van der Waals surface area contributed by atoms with Gasteiger partial charge in [0.25, 0.3) is 0 Å². The number of para-hydroxylation sites is 1. The first kappa shape index (κ1) is 8.51. The second-order valence-electron chi connectivity index (χ2n) is 3.55. The molecule has 0 amide bonds. The molecule has 2 nitrogen and oxygen atoms in total. The molecule has 0 unspecified atom stereocenters. The van der Waals surface area contributed by atoms with Gasteiger partial charge >= 0.3 is 0 Å². The molecule has 0 aliphatic heterocycles. The fourth-order valence-electron chi connectivity index (χ4n) is 1.58. The van der Waals surface area contributed by atoms with Crippen molar-refractivity contribution in [3.63, 3.8) is 0 Å². The molecule has 0 saturated heterocycles. The van der Waals surface area contributed by atoms with Crippen LogP contribution in [0.25, 0.3) is 0 Å². The average molecular weight is 180 g/mol. The molecule has 0 spiro atoms. The Morgan fingerprint density at radius 3 is 2.62 bits per heavy atom. The quantitative estimate of drug-likeness (QED) is 0.727. The molecule has 0 aromatic heterocycles. The minimum atomic E-state index is -0.192. The lowest BCUT2D eigenvalue weighted by Crippen LogP contribution is -2.44. The van der Waals surface area contributed by atoms with E-state index in [-0.39, 0.29) is 5.82 Å². The fraction of sp³-hybridized carbons (Fsp3) is 0.400. The Morgan fingerprint density at radius 1 is 1.31 bits per heavy atom. The SMILES string of the molecule is NC1CC(Nc2ccccc2F)C1. The Morgan fingerprint density at radius 2 is 2.00 bits per heavy atom. The van der Waals surface area contributed by atoms with E-state index in [4.69, 9.17) is 5.73 Å². The normalized spacial score (nSPS) is 26.6. The van der Waals surface area contributed by atoms with Gasteiger partial charge in [-0.2, -0.15) is 0 Å². The Kier molecular flexibility index (Phi) is 2.19. The van der Waals surface area contributed by atoms with Crippen LogP contribution < -0.4 is 11.1 Å². The van der Waals surface area contributed by atoms with E-state index in [1.54, 1.807) is 12.1 Å². The maximum atomic E-state index is 13.1. The topological polar surface area (TPSA) is 38.0 Å². The van der Waals surface area contributed by atoms with Gasteiger partial charge in [-0.25, -0.2) is 4.39 Å². The molecule has 0 bridgehead atoms. The molecular weight excluding hydrogens is 167 g/mol. The van der Waals surface area contributed by atoms with Crippen molar-refractivity contribution in [3.05, 3.63) is 30.1 Å². The molecule has 1 aromatic rings. The first-order valence-electron chi connectivity index (χ1n) is 4.52. The van der Waals surface area contributed by atoms with Gasteiger partial charge in [-0.1, -0.05) is 12.1 Å². The van der Waals surface area contributed by atoms with E-state index in [1.165, 1.54) is 6.07 Å². The van der Waals surface area contributed by atoms with E-state index >= 15 is 0 Å². The van der Waals surface area contributed by atoms with Crippen LogP contribution in [0.4, 0.5) is 10.1 Å². The Bertz CT molecular complexity index is 295. The third-order valence-corrected chi connectivity index (χ3v) is 2.41. The van der Waals surface area contributed by atoms with E-state index in [1.807, 2.05) is 6.07 Å².